The van der Waals surface area contributed by atoms with Crippen LogP contribution in [-0.4, -0.2) is 29.9 Å². The van der Waals surface area contributed by atoms with E-state index in [9.17, 15) is 8.42 Å². The number of rotatable bonds is 6. The van der Waals surface area contributed by atoms with Crippen molar-refractivity contribution >= 4 is 21.6 Å². The van der Waals surface area contributed by atoms with Crippen LogP contribution in [0.15, 0.2) is 17.2 Å². The van der Waals surface area contributed by atoms with Crippen molar-refractivity contribution in [1.82, 2.24) is 8.87 Å². The summed E-state index contributed by atoms with van der Waals surface area (Å²) < 4.78 is 29.5. The summed E-state index contributed by atoms with van der Waals surface area (Å²) in [7, 11) is -3.43. The predicted octanol–water partition coefficient (Wildman–Crippen LogP) is 3.76. The maximum absolute atomic E-state index is 12.9. The molecule has 21 heavy (non-hydrogen) atoms. The lowest BCUT2D eigenvalue weighted by Crippen LogP contribution is -2.38. The number of alkyl halides is 1. The zero-order valence-corrected chi connectivity index (χ0v) is 14.6. The van der Waals surface area contributed by atoms with Crippen LogP contribution >= 0.6 is 11.6 Å². The van der Waals surface area contributed by atoms with E-state index in [0.29, 0.717) is 17.3 Å². The molecule has 120 valence electrons. The van der Waals surface area contributed by atoms with Crippen molar-refractivity contribution in [2.24, 2.45) is 0 Å². The first-order valence-corrected chi connectivity index (χ1v) is 9.67. The van der Waals surface area contributed by atoms with Crippen LogP contribution < -0.4 is 0 Å². The fourth-order valence-electron chi connectivity index (χ4n) is 3.18. The van der Waals surface area contributed by atoms with Crippen LogP contribution in [0.2, 0.25) is 0 Å². The molecule has 1 aromatic heterocycles. The van der Waals surface area contributed by atoms with Crippen LogP contribution in [0.25, 0.3) is 0 Å². The summed E-state index contributed by atoms with van der Waals surface area (Å²) in [6.45, 7) is 6.50. The monoisotopic (exact) mass is 332 g/mol. The second-order valence-corrected chi connectivity index (χ2v) is 8.11. The maximum Gasteiger partial charge on any atom is 0.244 e. The highest BCUT2D eigenvalue weighted by molar-refractivity contribution is 7.89. The summed E-state index contributed by atoms with van der Waals surface area (Å²) in [4.78, 5) is 0.376. The summed E-state index contributed by atoms with van der Waals surface area (Å²) in [6, 6.07) is 2.08. The van der Waals surface area contributed by atoms with Gasteiger partial charge < -0.3 is 4.57 Å². The predicted molar refractivity (Wildman–Crippen MR) is 86.2 cm³/mol. The molecule has 4 nitrogen and oxygen atoms in total. The van der Waals surface area contributed by atoms with Gasteiger partial charge in [0.2, 0.25) is 10.0 Å². The molecule has 0 radical (unpaired) electrons. The summed E-state index contributed by atoms with van der Waals surface area (Å²) >= 11 is 5.95. The molecule has 1 aromatic rings. The van der Waals surface area contributed by atoms with Gasteiger partial charge in [0.25, 0.3) is 0 Å². The van der Waals surface area contributed by atoms with Gasteiger partial charge in [-0.25, -0.2) is 8.42 Å². The lowest BCUT2D eigenvalue weighted by atomic mass is 10.2. The molecule has 0 bridgehead atoms. The quantitative estimate of drug-likeness (QED) is 0.744. The minimum Gasteiger partial charge on any atom is -0.346 e. The molecule has 0 saturated heterocycles. The van der Waals surface area contributed by atoms with Crippen molar-refractivity contribution in [3.8, 4) is 0 Å². The maximum atomic E-state index is 12.9. The average Bonchev–Trinajstić information content (AvgIpc) is 3.08. The highest BCUT2D eigenvalue weighted by Crippen LogP contribution is 2.30. The number of sulfonamides is 1. The number of aromatic nitrogens is 1. The van der Waals surface area contributed by atoms with Crippen LogP contribution in [0, 0.1) is 0 Å². The van der Waals surface area contributed by atoms with Gasteiger partial charge in [-0.2, -0.15) is 4.31 Å². The molecular formula is C15H25ClN2O2S. The number of nitrogens with zero attached hydrogens (tertiary/aromatic N) is 2. The lowest BCUT2D eigenvalue weighted by molar-refractivity contribution is 0.335. The van der Waals surface area contributed by atoms with E-state index in [2.05, 4.69) is 0 Å². The first-order chi connectivity index (χ1) is 9.91. The Labute approximate surface area is 133 Å². The van der Waals surface area contributed by atoms with Crippen molar-refractivity contribution < 1.29 is 8.42 Å². The van der Waals surface area contributed by atoms with Crippen molar-refractivity contribution in [3.05, 3.63) is 18.0 Å². The molecule has 1 saturated carbocycles. The van der Waals surface area contributed by atoms with E-state index in [0.717, 1.165) is 31.4 Å². The van der Waals surface area contributed by atoms with Crippen LogP contribution in [0.5, 0.6) is 0 Å². The zero-order valence-electron chi connectivity index (χ0n) is 13.0. The average molecular weight is 333 g/mol. The van der Waals surface area contributed by atoms with Gasteiger partial charge in [-0.3, -0.25) is 0 Å². The van der Waals surface area contributed by atoms with Crippen LogP contribution in [0.3, 0.4) is 0 Å². The summed E-state index contributed by atoms with van der Waals surface area (Å²) in [6.07, 6.45) is 5.92. The highest BCUT2D eigenvalue weighted by Gasteiger charge is 2.33. The molecule has 0 spiro atoms. The number of halogens is 1. The zero-order chi connectivity index (χ0) is 15.6. The van der Waals surface area contributed by atoms with Gasteiger partial charge in [0.05, 0.1) is 5.88 Å². The van der Waals surface area contributed by atoms with Gasteiger partial charge in [0, 0.05) is 30.5 Å². The molecule has 1 aliphatic carbocycles. The normalized spacial score (nSPS) is 17.2. The van der Waals surface area contributed by atoms with Crippen LogP contribution in [0.1, 0.15) is 58.2 Å². The molecule has 6 heteroatoms. The fourth-order valence-corrected chi connectivity index (χ4v) is 5.14. The Hall–Kier alpha value is -0.520. The van der Waals surface area contributed by atoms with Crippen molar-refractivity contribution in [3.63, 3.8) is 0 Å². The molecule has 1 aliphatic rings. The van der Waals surface area contributed by atoms with Gasteiger partial charge in [-0.1, -0.05) is 19.8 Å². The Balaban J connectivity index is 2.38. The Morgan fingerprint density at radius 1 is 1.38 bits per heavy atom. The minimum absolute atomic E-state index is 0.154. The van der Waals surface area contributed by atoms with Crippen molar-refractivity contribution in [2.75, 3.05) is 6.54 Å². The Morgan fingerprint density at radius 3 is 2.43 bits per heavy atom. The molecule has 0 aliphatic heterocycles. The van der Waals surface area contributed by atoms with Gasteiger partial charge in [-0.15, -0.1) is 11.6 Å². The highest BCUT2D eigenvalue weighted by atomic mass is 35.5. The Morgan fingerprint density at radius 2 is 2.00 bits per heavy atom. The second kappa shape index (κ2) is 6.71. The van der Waals surface area contributed by atoms with E-state index in [1.165, 1.54) is 0 Å². The van der Waals surface area contributed by atoms with E-state index in [1.54, 1.807) is 16.6 Å². The molecule has 0 N–H and O–H groups in total. The molecule has 0 amide bonds. The van der Waals surface area contributed by atoms with Crippen LogP contribution in [0.4, 0.5) is 0 Å². The number of hydrogen-bond acceptors (Lipinski definition) is 2. The van der Waals surface area contributed by atoms with E-state index < -0.39 is 10.0 Å². The van der Waals surface area contributed by atoms with Gasteiger partial charge in [0.1, 0.15) is 4.90 Å². The van der Waals surface area contributed by atoms with Gasteiger partial charge in [0.15, 0.2) is 0 Å². The minimum atomic E-state index is -3.43. The fraction of sp³-hybridized carbons (Fsp3) is 0.733. The topological polar surface area (TPSA) is 42.3 Å². The molecular weight excluding hydrogens is 308 g/mol. The molecule has 0 atom stereocenters. The van der Waals surface area contributed by atoms with E-state index >= 15 is 0 Å². The second-order valence-electron chi connectivity index (χ2n) is 5.95. The third-order valence-corrected chi connectivity index (χ3v) is 6.52. The molecule has 0 unspecified atom stereocenters. The smallest absolute Gasteiger partial charge is 0.244 e. The summed E-state index contributed by atoms with van der Waals surface area (Å²) in [5.74, 6) is 0.323. The molecule has 1 fully saturated rings. The van der Waals surface area contributed by atoms with Crippen molar-refractivity contribution in [2.45, 2.75) is 69.3 Å². The molecule has 2 rings (SSSR count). The standard InChI is InChI=1S/C15H25ClN2O2S/c1-4-18(13-7-5-6-8-13)21(19,20)15-9-14(10-16)17(11-15)12(2)3/h9,11-13H,4-8,10H2,1-3H3. The third-order valence-electron chi connectivity index (χ3n) is 4.25. The van der Waals surface area contributed by atoms with E-state index in [1.807, 2.05) is 25.3 Å². The SMILES string of the molecule is CCN(C1CCCC1)S(=O)(=O)c1cc(CCl)n(C(C)C)c1. The summed E-state index contributed by atoms with van der Waals surface area (Å²) in [5.41, 5.74) is 0.854. The Kier molecular flexibility index (Phi) is 5.38. The van der Waals surface area contributed by atoms with Gasteiger partial charge in [-0.05, 0) is 32.8 Å². The van der Waals surface area contributed by atoms with E-state index in [-0.39, 0.29) is 12.1 Å². The van der Waals surface area contributed by atoms with Crippen LogP contribution in [-0.2, 0) is 15.9 Å². The molecule has 1 heterocycles. The largest absolute Gasteiger partial charge is 0.346 e. The number of hydrogen-bond donors (Lipinski definition) is 0. The molecule has 0 aromatic carbocycles. The summed E-state index contributed by atoms with van der Waals surface area (Å²) in [5, 5.41) is 0. The Bertz CT molecular complexity index is 574. The van der Waals surface area contributed by atoms with Crippen molar-refractivity contribution in [1.29, 1.82) is 0 Å². The first kappa shape index (κ1) is 16.8. The van der Waals surface area contributed by atoms with Gasteiger partial charge >= 0.3 is 0 Å². The first-order valence-electron chi connectivity index (χ1n) is 7.70. The van der Waals surface area contributed by atoms with E-state index in [4.69, 9.17) is 11.6 Å². The third kappa shape index (κ3) is 3.30. The lowest BCUT2D eigenvalue weighted by Gasteiger charge is -2.26.